The molecule has 1 atom stereocenters. The lowest BCUT2D eigenvalue weighted by molar-refractivity contribution is -0.116. The number of thioether (sulfide) groups is 1. The molecule has 0 spiro atoms. The van der Waals surface area contributed by atoms with Crippen molar-refractivity contribution >= 4 is 29.0 Å². The van der Waals surface area contributed by atoms with Crippen molar-refractivity contribution in [3.63, 3.8) is 0 Å². The molecule has 104 valence electrons. The summed E-state index contributed by atoms with van der Waals surface area (Å²) in [6.07, 6.45) is 2.03. The second-order valence-electron chi connectivity index (χ2n) is 4.45. The molecule has 3 nitrogen and oxygen atoms in total. The van der Waals surface area contributed by atoms with Gasteiger partial charge in [-0.2, -0.15) is 0 Å². The Morgan fingerprint density at radius 1 is 1.05 bits per heavy atom. The minimum absolute atomic E-state index is 0.0502. The number of rotatable bonds is 5. The van der Waals surface area contributed by atoms with Crippen LogP contribution in [0.4, 0.5) is 11.4 Å². The number of carbonyl (C=O) groups excluding carboxylic acids is 1. The maximum Gasteiger partial charge on any atom is 0.246 e. The third-order valence-corrected chi connectivity index (χ3v) is 3.61. The fraction of sp³-hybridized carbons (Fsp3) is 0.188. The molecule has 4 heteroatoms. The van der Waals surface area contributed by atoms with Crippen molar-refractivity contribution in [3.8, 4) is 0 Å². The summed E-state index contributed by atoms with van der Waals surface area (Å²) in [6.45, 7) is 1.85. The van der Waals surface area contributed by atoms with Crippen molar-refractivity contribution in [1.29, 1.82) is 0 Å². The Bertz CT molecular complexity index is 572. The van der Waals surface area contributed by atoms with E-state index in [-0.39, 0.29) is 11.9 Å². The summed E-state index contributed by atoms with van der Waals surface area (Å²) in [5, 5.41) is 6.10. The Morgan fingerprint density at radius 2 is 1.75 bits per heavy atom. The zero-order chi connectivity index (χ0) is 14.4. The van der Waals surface area contributed by atoms with E-state index in [0.29, 0.717) is 0 Å². The number of nitrogens with one attached hydrogen (secondary N) is 2. The minimum Gasteiger partial charge on any atom is -0.374 e. The number of anilines is 2. The predicted octanol–water partition coefficient (Wildman–Crippen LogP) is 3.85. The highest BCUT2D eigenvalue weighted by atomic mass is 32.2. The van der Waals surface area contributed by atoms with Crippen LogP contribution < -0.4 is 10.6 Å². The first-order valence-corrected chi connectivity index (χ1v) is 7.68. The highest BCUT2D eigenvalue weighted by Crippen LogP contribution is 2.19. The molecule has 0 saturated carbocycles. The highest BCUT2D eigenvalue weighted by molar-refractivity contribution is 7.98. The molecule has 2 aromatic rings. The van der Waals surface area contributed by atoms with Crippen LogP contribution in [-0.4, -0.2) is 18.2 Å². The Morgan fingerprint density at radius 3 is 2.45 bits per heavy atom. The fourth-order valence-electron chi connectivity index (χ4n) is 1.80. The zero-order valence-corrected chi connectivity index (χ0v) is 12.4. The van der Waals surface area contributed by atoms with Gasteiger partial charge in [0, 0.05) is 16.3 Å². The van der Waals surface area contributed by atoms with Gasteiger partial charge in [-0.05, 0) is 43.5 Å². The fourth-order valence-corrected chi connectivity index (χ4v) is 2.26. The molecule has 0 aliphatic heterocycles. The Kier molecular flexibility index (Phi) is 5.07. The summed E-state index contributed by atoms with van der Waals surface area (Å²) in [4.78, 5) is 13.3. The summed E-state index contributed by atoms with van der Waals surface area (Å²) in [6, 6.07) is 17.2. The maximum absolute atomic E-state index is 12.1. The van der Waals surface area contributed by atoms with Crippen LogP contribution in [0.1, 0.15) is 6.92 Å². The minimum atomic E-state index is -0.299. The molecule has 0 unspecified atom stereocenters. The lowest BCUT2D eigenvalue weighted by Gasteiger charge is -2.15. The van der Waals surface area contributed by atoms with Crippen LogP contribution >= 0.6 is 11.8 Å². The first-order valence-electron chi connectivity index (χ1n) is 6.45. The summed E-state index contributed by atoms with van der Waals surface area (Å²) in [5.74, 6) is -0.0502. The molecule has 0 saturated heterocycles. The topological polar surface area (TPSA) is 41.1 Å². The smallest absolute Gasteiger partial charge is 0.246 e. The second-order valence-corrected chi connectivity index (χ2v) is 5.33. The Balaban J connectivity index is 1.97. The molecule has 0 aromatic heterocycles. The molecule has 1 amide bonds. The van der Waals surface area contributed by atoms with Crippen molar-refractivity contribution in [2.45, 2.75) is 17.9 Å². The molecule has 2 rings (SSSR count). The third-order valence-electron chi connectivity index (χ3n) is 2.89. The van der Waals surface area contributed by atoms with E-state index in [1.54, 1.807) is 11.8 Å². The van der Waals surface area contributed by atoms with Gasteiger partial charge in [-0.1, -0.05) is 24.3 Å². The van der Waals surface area contributed by atoms with E-state index in [9.17, 15) is 4.79 Å². The number of benzene rings is 2. The van der Waals surface area contributed by atoms with Crippen molar-refractivity contribution in [3.05, 3.63) is 54.6 Å². The number of amides is 1. The SMILES string of the molecule is CSc1cccc(N[C@H](C)C(=O)Nc2ccccc2)c1. The quantitative estimate of drug-likeness (QED) is 0.820. The number of para-hydroxylation sites is 1. The van der Waals surface area contributed by atoms with E-state index < -0.39 is 0 Å². The molecule has 0 heterocycles. The van der Waals surface area contributed by atoms with Gasteiger partial charge >= 0.3 is 0 Å². The summed E-state index contributed by atoms with van der Waals surface area (Å²) >= 11 is 1.68. The van der Waals surface area contributed by atoms with Crippen LogP contribution in [0.25, 0.3) is 0 Å². The van der Waals surface area contributed by atoms with Crippen LogP contribution in [0.5, 0.6) is 0 Å². The Labute approximate surface area is 123 Å². The van der Waals surface area contributed by atoms with Crippen molar-refractivity contribution in [2.24, 2.45) is 0 Å². The van der Waals surface area contributed by atoms with Crippen LogP contribution in [0.15, 0.2) is 59.5 Å². The van der Waals surface area contributed by atoms with E-state index in [1.165, 1.54) is 4.90 Å². The molecule has 0 radical (unpaired) electrons. The lowest BCUT2D eigenvalue weighted by atomic mass is 10.2. The van der Waals surface area contributed by atoms with Gasteiger partial charge in [-0.3, -0.25) is 4.79 Å². The average Bonchev–Trinajstić information content (AvgIpc) is 2.48. The molecular weight excluding hydrogens is 268 g/mol. The summed E-state index contributed by atoms with van der Waals surface area (Å²) in [5.41, 5.74) is 1.76. The number of hydrogen-bond acceptors (Lipinski definition) is 3. The first-order chi connectivity index (χ1) is 9.69. The largest absolute Gasteiger partial charge is 0.374 e. The van der Waals surface area contributed by atoms with E-state index in [4.69, 9.17) is 0 Å². The maximum atomic E-state index is 12.1. The van der Waals surface area contributed by atoms with Gasteiger partial charge in [0.25, 0.3) is 0 Å². The molecule has 2 N–H and O–H groups in total. The van der Waals surface area contributed by atoms with E-state index in [0.717, 1.165) is 11.4 Å². The molecule has 0 bridgehead atoms. The Hall–Kier alpha value is -1.94. The second kappa shape index (κ2) is 7.01. The van der Waals surface area contributed by atoms with Gasteiger partial charge in [0.2, 0.25) is 5.91 Å². The van der Waals surface area contributed by atoms with Gasteiger partial charge < -0.3 is 10.6 Å². The lowest BCUT2D eigenvalue weighted by Crippen LogP contribution is -2.31. The summed E-state index contributed by atoms with van der Waals surface area (Å²) in [7, 11) is 0. The van der Waals surface area contributed by atoms with Gasteiger partial charge in [0.15, 0.2) is 0 Å². The van der Waals surface area contributed by atoms with Crippen LogP contribution in [0.2, 0.25) is 0 Å². The van der Waals surface area contributed by atoms with E-state index >= 15 is 0 Å². The zero-order valence-electron chi connectivity index (χ0n) is 11.6. The van der Waals surface area contributed by atoms with Crippen molar-refractivity contribution in [1.82, 2.24) is 0 Å². The van der Waals surface area contributed by atoms with E-state index in [2.05, 4.69) is 10.6 Å². The first kappa shape index (κ1) is 14.5. The molecule has 0 fully saturated rings. The number of carbonyl (C=O) groups is 1. The van der Waals surface area contributed by atoms with Crippen LogP contribution in [0.3, 0.4) is 0 Å². The molecule has 0 aliphatic carbocycles. The predicted molar refractivity (Wildman–Crippen MR) is 86.4 cm³/mol. The van der Waals surface area contributed by atoms with Crippen molar-refractivity contribution < 1.29 is 4.79 Å². The van der Waals surface area contributed by atoms with Gasteiger partial charge in [-0.25, -0.2) is 0 Å². The molecule has 20 heavy (non-hydrogen) atoms. The van der Waals surface area contributed by atoms with Gasteiger partial charge in [0.1, 0.15) is 6.04 Å². The third kappa shape index (κ3) is 4.03. The van der Waals surface area contributed by atoms with E-state index in [1.807, 2.05) is 67.8 Å². The standard InChI is InChI=1S/C16H18N2OS/c1-12(16(19)18-13-7-4-3-5-8-13)17-14-9-6-10-15(11-14)20-2/h3-12,17H,1-2H3,(H,18,19)/t12-/m1/s1. The van der Waals surface area contributed by atoms with Gasteiger partial charge in [0.05, 0.1) is 0 Å². The van der Waals surface area contributed by atoms with Gasteiger partial charge in [-0.15, -0.1) is 11.8 Å². The average molecular weight is 286 g/mol. The summed E-state index contributed by atoms with van der Waals surface area (Å²) < 4.78 is 0. The monoisotopic (exact) mass is 286 g/mol. The number of hydrogen-bond donors (Lipinski definition) is 2. The van der Waals surface area contributed by atoms with Crippen LogP contribution in [0, 0.1) is 0 Å². The normalized spacial score (nSPS) is 11.7. The molecule has 0 aliphatic rings. The van der Waals surface area contributed by atoms with Crippen molar-refractivity contribution in [2.75, 3.05) is 16.9 Å². The molecular formula is C16H18N2OS. The highest BCUT2D eigenvalue weighted by Gasteiger charge is 2.12. The van der Waals surface area contributed by atoms with Crippen LogP contribution in [-0.2, 0) is 4.79 Å². The molecule has 2 aromatic carbocycles.